The molecule has 0 spiro atoms. The predicted octanol–water partition coefficient (Wildman–Crippen LogP) is 3.49. The molecule has 1 aliphatic rings. The number of sulfone groups is 1. The van der Waals surface area contributed by atoms with Crippen LogP contribution in [0, 0.1) is 5.82 Å². The van der Waals surface area contributed by atoms with E-state index in [-0.39, 0.29) is 28.5 Å². The molecule has 1 aliphatic heterocycles. The Morgan fingerprint density at radius 1 is 1.22 bits per heavy atom. The summed E-state index contributed by atoms with van der Waals surface area (Å²) in [6, 6.07) is 8.40. The highest BCUT2D eigenvalue weighted by molar-refractivity contribution is 7.91. The minimum atomic E-state index is -3.48. The summed E-state index contributed by atoms with van der Waals surface area (Å²) in [6.45, 7) is 0.463. The molecule has 0 saturated carbocycles. The van der Waals surface area contributed by atoms with Crippen molar-refractivity contribution >= 4 is 33.0 Å². The molecule has 2 aromatic carbocycles. The van der Waals surface area contributed by atoms with E-state index < -0.39 is 21.6 Å². The van der Waals surface area contributed by atoms with Gasteiger partial charge in [-0.1, -0.05) is 11.6 Å². The molecule has 0 unspecified atom stereocenters. The van der Waals surface area contributed by atoms with E-state index in [1.165, 1.54) is 48.4 Å². The number of fused-ring (bicyclic) bond motifs is 1. The van der Waals surface area contributed by atoms with Gasteiger partial charge in [0.25, 0.3) is 5.91 Å². The van der Waals surface area contributed by atoms with Crippen LogP contribution in [0.1, 0.15) is 22.3 Å². The molecule has 5 nitrogen and oxygen atoms in total. The number of carbonyl (C=O) groups is 1. The molecule has 0 bridgehead atoms. The predicted molar refractivity (Wildman–Crippen MR) is 102 cm³/mol. The van der Waals surface area contributed by atoms with E-state index in [2.05, 4.69) is 0 Å². The molecule has 1 amide bonds. The third-order valence-corrected chi connectivity index (χ3v) is 6.57. The molecule has 1 heterocycles. The number of benzene rings is 2. The van der Waals surface area contributed by atoms with Crippen molar-refractivity contribution in [1.82, 2.24) is 0 Å². The molecule has 2 aromatic rings. The normalized spacial score (nSPS) is 14.1. The number of methoxy groups -OCH3 is 1. The van der Waals surface area contributed by atoms with E-state index in [1.54, 1.807) is 0 Å². The van der Waals surface area contributed by atoms with Crippen molar-refractivity contribution in [2.75, 3.05) is 30.9 Å². The van der Waals surface area contributed by atoms with Gasteiger partial charge in [-0.2, -0.15) is 0 Å². The smallest absolute Gasteiger partial charge is 0.258 e. The largest absolute Gasteiger partial charge is 0.384 e. The third kappa shape index (κ3) is 4.00. The van der Waals surface area contributed by atoms with Crippen LogP contribution >= 0.6 is 11.6 Å². The zero-order valence-electron chi connectivity index (χ0n) is 14.7. The van der Waals surface area contributed by atoms with Crippen molar-refractivity contribution in [2.24, 2.45) is 0 Å². The molecule has 0 saturated heterocycles. The van der Waals surface area contributed by atoms with Crippen molar-refractivity contribution in [3.05, 3.63) is 58.4 Å². The fourth-order valence-electron chi connectivity index (χ4n) is 3.11. The minimum Gasteiger partial charge on any atom is -0.384 e. The molecule has 0 aromatic heterocycles. The second-order valence-electron chi connectivity index (χ2n) is 6.25. The zero-order chi connectivity index (χ0) is 19.6. The van der Waals surface area contributed by atoms with Crippen LogP contribution in [0.5, 0.6) is 0 Å². The minimum absolute atomic E-state index is 0.0909. The average molecular weight is 412 g/mol. The number of anilines is 1. The second kappa shape index (κ2) is 7.96. The van der Waals surface area contributed by atoms with Gasteiger partial charge in [0.15, 0.2) is 9.84 Å². The van der Waals surface area contributed by atoms with Crippen molar-refractivity contribution in [3.63, 3.8) is 0 Å². The maximum absolute atomic E-state index is 14.4. The molecule has 0 aliphatic carbocycles. The van der Waals surface area contributed by atoms with Gasteiger partial charge in [0.2, 0.25) is 0 Å². The van der Waals surface area contributed by atoms with Crippen LogP contribution in [-0.2, 0) is 21.0 Å². The van der Waals surface area contributed by atoms with Gasteiger partial charge < -0.3 is 9.64 Å². The van der Waals surface area contributed by atoms with E-state index >= 15 is 0 Å². The van der Waals surface area contributed by atoms with Gasteiger partial charge in [0.05, 0.1) is 22.9 Å². The molecule has 0 N–H and O–H groups in total. The molecule has 8 heteroatoms. The number of hydrogen-bond donors (Lipinski definition) is 0. The Balaban J connectivity index is 1.89. The summed E-state index contributed by atoms with van der Waals surface area (Å²) >= 11 is 6.16. The van der Waals surface area contributed by atoms with E-state index in [9.17, 15) is 17.6 Å². The van der Waals surface area contributed by atoms with Gasteiger partial charge in [0.1, 0.15) is 5.82 Å². The average Bonchev–Trinajstić information content (AvgIpc) is 2.68. The van der Waals surface area contributed by atoms with Gasteiger partial charge in [-0.3, -0.25) is 4.79 Å². The first-order valence-corrected chi connectivity index (χ1v) is 10.5. The zero-order valence-corrected chi connectivity index (χ0v) is 16.3. The Bertz CT molecular complexity index is 960. The molecular formula is C19H19ClFNO4S. The number of rotatable bonds is 5. The second-order valence-corrected chi connectivity index (χ2v) is 8.77. The Morgan fingerprint density at radius 3 is 2.59 bits per heavy atom. The van der Waals surface area contributed by atoms with Gasteiger partial charge >= 0.3 is 0 Å². The first-order chi connectivity index (χ1) is 12.8. The number of hydrogen-bond acceptors (Lipinski definition) is 4. The standard InChI is InChI=1S/C19H19ClFNO4S/c1-26-11-12-27(24,25)14-6-4-13(5-7-14)19(23)22-10-2-3-15-16(20)8-9-17(21)18(15)22/h4-9H,2-3,10-12H2,1H3. The SMILES string of the molecule is COCCS(=O)(=O)c1ccc(C(=O)N2CCCc3c(Cl)ccc(F)c32)cc1. The first kappa shape index (κ1) is 19.8. The third-order valence-electron chi connectivity index (χ3n) is 4.52. The van der Waals surface area contributed by atoms with Crippen LogP contribution in [0.15, 0.2) is 41.3 Å². The number of nitrogens with zero attached hydrogens (tertiary/aromatic N) is 1. The van der Waals surface area contributed by atoms with Crippen molar-refractivity contribution in [3.8, 4) is 0 Å². The van der Waals surface area contributed by atoms with Crippen LogP contribution in [-0.4, -0.2) is 40.3 Å². The van der Waals surface area contributed by atoms with Crippen molar-refractivity contribution in [2.45, 2.75) is 17.7 Å². The van der Waals surface area contributed by atoms with E-state index in [0.717, 1.165) is 0 Å². The lowest BCUT2D eigenvalue weighted by Crippen LogP contribution is -2.36. The molecule has 3 rings (SSSR count). The first-order valence-electron chi connectivity index (χ1n) is 8.45. The summed E-state index contributed by atoms with van der Waals surface area (Å²) < 4.78 is 43.5. The molecule has 144 valence electrons. The maximum atomic E-state index is 14.4. The number of ether oxygens (including phenoxy) is 1. The van der Waals surface area contributed by atoms with Crippen molar-refractivity contribution in [1.29, 1.82) is 0 Å². The highest BCUT2D eigenvalue weighted by atomic mass is 35.5. The Morgan fingerprint density at radius 2 is 1.93 bits per heavy atom. The summed E-state index contributed by atoms with van der Waals surface area (Å²) in [5.74, 6) is -1.03. The van der Waals surface area contributed by atoms with Gasteiger partial charge in [-0.25, -0.2) is 12.8 Å². The van der Waals surface area contributed by atoms with E-state index in [1.807, 2.05) is 0 Å². The molecular weight excluding hydrogens is 393 g/mol. The molecule has 0 atom stereocenters. The van der Waals surface area contributed by atoms with Gasteiger partial charge in [-0.05, 0) is 54.8 Å². The van der Waals surface area contributed by atoms with Crippen molar-refractivity contribution < 1.29 is 22.3 Å². The fourth-order valence-corrected chi connectivity index (χ4v) is 4.53. The van der Waals surface area contributed by atoms with Crippen LogP contribution in [0.2, 0.25) is 5.02 Å². The summed E-state index contributed by atoms with van der Waals surface area (Å²) in [5, 5.41) is 0.434. The van der Waals surface area contributed by atoms with E-state index in [0.29, 0.717) is 30.0 Å². The Labute approximate surface area is 162 Å². The summed E-state index contributed by atoms with van der Waals surface area (Å²) in [4.78, 5) is 14.4. The van der Waals surface area contributed by atoms with Crippen LogP contribution in [0.25, 0.3) is 0 Å². The van der Waals surface area contributed by atoms with Gasteiger partial charge in [0, 0.05) is 24.2 Å². The topological polar surface area (TPSA) is 63.7 Å². The quantitative estimate of drug-likeness (QED) is 0.755. The molecule has 0 radical (unpaired) electrons. The van der Waals surface area contributed by atoms with E-state index in [4.69, 9.17) is 16.3 Å². The molecule has 27 heavy (non-hydrogen) atoms. The summed E-state index contributed by atoms with van der Waals surface area (Å²) in [6.07, 6.45) is 1.28. The highest BCUT2D eigenvalue weighted by Crippen LogP contribution is 2.35. The Kier molecular flexibility index (Phi) is 5.83. The molecule has 0 fully saturated rings. The van der Waals surface area contributed by atoms with Crippen LogP contribution in [0.3, 0.4) is 0 Å². The number of halogens is 2. The fraction of sp³-hybridized carbons (Fsp3) is 0.316. The monoisotopic (exact) mass is 411 g/mol. The lowest BCUT2D eigenvalue weighted by atomic mass is 10.00. The van der Waals surface area contributed by atoms with Gasteiger partial charge in [-0.15, -0.1) is 0 Å². The van der Waals surface area contributed by atoms with Crippen LogP contribution in [0.4, 0.5) is 10.1 Å². The summed E-state index contributed by atoms with van der Waals surface area (Å²) in [5.41, 5.74) is 1.11. The summed E-state index contributed by atoms with van der Waals surface area (Å²) in [7, 11) is -2.05. The number of carbonyl (C=O) groups excluding carboxylic acids is 1. The number of amides is 1. The van der Waals surface area contributed by atoms with Crippen LogP contribution < -0.4 is 4.90 Å². The Hall–Kier alpha value is -1.96. The lowest BCUT2D eigenvalue weighted by Gasteiger charge is -2.30. The lowest BCUT2D eigenvalue weighted by molar-refractivity contribution is 0.0984. The highest BCUT2D eigenvalue weighted by Gasteiger charge is 2.28. The maximum Gasteiger partial charge on any atom is 0.258 e.